The van der Waals surface area contributed by atoms with Crippen LogP contribution in [0.5, 0.6) is 0 Å². The summed E-state index contributed by atoms with van der Waals surface area (Å²) in [7, 11) is 0. The van der Waals surface area contributed by atoms with Crippen LogP contribution in [0.15, 0.2) is 30.3 Å². The van der Waals surface area contributed by atoms with Crippen LogP contribution in [0.2, 0.25) is 0 Å². The molecule has 0 amide bonds. The molecule has 2 heteroatoms. The Kier molecular flexibility index (Phi) is 3.46. The van der Waals surface area contributed by atoms with Gasteiger partial charge in [0.15, 0.2) is 0 Å². The molecule has 1 atom stereocenters. The summed E-state index contributed by atoms with van der Waals surface area (Å²) in [6, 6.07) is 10.9. The van der Waals surface area contributed by atoms with Crippen LogP contribution in [0.4, 0.5) is 0 Å². The van der Waals surface area contributed by atoms with Crippen LogP contribution in [0.1, 0.15) is 18.5 Å². The van der Waals surface area contributed by atoms with Crippen molar-refractivity contribution in [2.45, 2.75) is 13.0 Å². The fourth-order valence-electron chi connectivity index (χ4n) is 0.987. The van der Waals surface area contributed by atoms with Crippen LogP contribution in [-0.2, 0) is 0 Å². The summed E-state index contributed by atoms with van der Waals surface area (Å²) in [5.41, 5.74) is 1.34. The smallest absolute Gasteiger partial charge is 0.0393 e. The first kappa shape index (κ1) is 8.62. The zero-order chi connectivity index (χ0) is 8.10. The molecule has 0 heterocycles. The number of rotatable bonds is 3. The molecular weight excluding hydrogens is 154 g/mol. The number of hydrogen-bond acceptors (Lipinski definition) is 2. The van der Waals surface area contributed by atoms with Crippen molar-refractivity contribution in [1.29, 1.82) is 0 Å². The lowest BCUT2D eigenvalue weighted by Gasteiger charge is -2.10. The highest BCUT2D eigenvalue weighted by atomic mass is 32.2. The van der Waals surface area contributed by atoms with Crippen molar-refractivity contribution in [3.8, 4) is 0 Å². The second kappa shape index (κ2) is 4.42. The van der Waals surface area contributed by atoms with Crippen molar-refractivity contribution in [3.63, 3.8) is 0 Å². The topological polar surface area (TPSA) is 12.0 Å². The molecule has 1 nitrogen and oxygen atoms in total. The van der Waals surface area contributed by atoms with E-state index in [9.17, 15) is 0 Å². The van der Waals surface area contributed by atoms with Gasteiger partial charge in [0, 0.05) is 6.04 Å². The fourth-order valence-corrected chi connectivity index (χ4v) is 1.48. The van der Waals surface area contributed by atoms with Gasteiger partial charge in [-0.1, -0.05) is 42.3 Å². The van der Waals surface area contributed by atoms with Crippen molar-refractivity contribution in [2.24, 2.45) is 0 Å². The van der Waals surface area contributed by atoms with Gasteiger partial charge in [0.25, 0.3) is 0 Å². The van der Waals surface area contributed by atoms with E-state index in [1.165, 1.54) is 5.56 Å². The van der Waals surface area contributed by atoms with Gasteiger partial charge in [-0.05, 0) is 18.7 Å². The normalized spacial score (nSPS) is 12.9. The molecule has 60 valence electrons. The molecule has 1 unspecified atom stereocenters. The summed E-state index contributed by atoms with van der Waals surface area (Å²) in [5, 5.41) is 0. The maximum atomic E-state index is 3.28. The minimum Gasteiger partial charge on any atom is -0.257 e. The molecule has 0 fully saturated rings. The van der Waals surface area contributed by atoms with Crippen molar-refractivity contribution < 1.29 is 0 Å². The number of nitrogens with one attached hydrogen (secondary N) is 1. The highest BCUT2D eigenvalue weighted by Gasteiger charge is 2.00. The molecule has 0 bridgehead atoms. The van der Waals surface area contributed by atoms with E-state index in [0.29, 0.717) is 6.04 Å². The molecule has 1 aromatic rings. The maximum Gasteiger partial charge on any atom is 0.0393 e. The standard InChI is InChI=1S/C9H13NS/c1-8(10-11-2)9-6-4-3-5-7-9/h3-8,10H,1-2H3. The van der Waals surface area contributed by atoms with Crippen molar-refractivity contribution in [3.05, 3.63) is 35.9 Å². The second-order valence-electron chi connectivity index (χ2n) is 2.45. The zero-order valence-electron chi connectivity index (χ0n) is 6.87. The molecular formula is C9H13NS. The number of benzene rings is 1. The van der Waals surface area contributed by atoms with E-state index in [4.69, 9.17) is 0 Å². The van der Waals surface area contributed by atoms with E-state index in [-0.39, 0.29) is 0 Å². The second-order valence-corrected chi connectivity index (χ2v) is 3.10. The van der Waals surface area contributed by atoms with Crippen LogP contribution in [0.3, 0.4) is 0 Å². The first-order valence-electron chi connectivity index (χ1n) is 3.68. The van der Waals surface area contributed by atoms with Crippen LogP contribution >= 0.6 is 11.9 Å². The highest BCUT2D eigenvalue weighted by molar-refractivity contribution is 7.96. The Labute approximate surface area is 72.3 Å². The monoisotopic (exact) mass is 167 g/mol. The molecule has 0 aromatic heterocycles. The van der Waals surface area contributed by atoms with Gasteiger partial charge in [0.05, 0.1) is 0 Å². The SMILES string of the molecule is CSNC(C)c1ccccc1. The molecule has 0 spiro atoms. The van der Waals surface area contributed by atoms with E-state index in [1.54, 1.807) is 11.9 Å². The summed E-state index contributed by atoms with van der Waals surface area (Å²) in [5.74, 6) is 0. The minimum absolute atomic E-state index is 0.436. The first-order valence-corrected chi connectivity index (χ1v) is 4.90. The Hall–Kier alpha value is -0.470. The Balaban J connectivity index is 2.61. The van der Waals surface area contributed by atoms with Crippen molar-refractivity contribution in [1.82, 2.24) is 4.72 Å². The van der Waals surface area contributed by atoms with E-state index in [0.717, 1.165) is 0 Å². The molecule has 11 heavy (non-hydrogen) atoms. The third-order valence-corrected chi connectivity index (χ3v) is 2.18. The summed E-state index contributed by atoms with van der Waals surface area (Å²) in [6.45, 7) is 2.16. The Morgan fingerprint density at radius 1 is 1.27 bits per heavy atom. The quantitative estimate of drug-likeness (QED) is 0.694. The zero-order valence-corrected chi connectivity index (χ0v) is 7.69. The molecule has 0 saturated heterocycles. The molecule has 1 N–H and O–H groups in total. The minimum atomic E-state index is 0.436. The third kappa shape index (κ3) is 2.56. The van der Waals surface area contributed by atoms with Gasteiger partial charge in [-0.25, -0.2) is 0 Å². The average Bonchev–Trinajstić information content (AvgIpc) is 2.07. The van der Waals surface area contributed by atoms with E-state index < -0.39 is 0 Å². The predicted molar refractivity (Wildman–Crippen MR) is 51.5 cm³/mol. The largest absolute Gasteiger partial charge is 0.257 e. The first-order chi connectivity index (χ1) is 5.34. The van der Waals surface area contributed by atoms with Gasteiger partial charge >= 0.3 is 0 Å². The summed E-state index contributed by atoms with van der Waals surface area (Å²) >= 11 is 1.65. The molecule has 1 aromatic carbocycles. The molecule has 0 aliphatic carbocycles. The average molecular weight is 167 g/mol. The van der Waals surface area contributed by atoms with E-state index >= 15 is 0 Å². The van der Waals surface area contributed by atoms with Crippen LogP contribution in [0.25, 0.3) is 0 Å². The van der Waals surface area contributed by atoms with Gasteiger partial charge in [-0.3, -0.25) is 4.72 Å². The number of hydrogen-bond donors (Lipinski definition) is 1. The summed E-state index contributed by atoms with van der Waals surface area (Å²) in [6.07, 6.45) is 2.04. The molecule has 0 aliphatic rings. The Morgan fingerprint density at radius 2 is 1.91 bits per heavy atom. The van der Waals surface area contributed by atoms with Gasteiger partial charge in [-0.2, -0.15) is 0 Å². The van der Waals surface area contributed by atoms with Crippen molar-refractivity contribution >= 4 is 11.9 Å². The van der Waals surface area contributed by atoms with Crippen molar-refractivity contribution in [2.75, 3.05) is 6.26 Å². The van der Waals surface area contributed by atoms with E-state index in [2.05, 4.69) is 35.9 Å². The van der Waals surface area contributed by atoms with Crippen LogP contribution < -0.4 is 4.72 Å². The van der Waals surface area contributed by atoms with Gasteiger partial charge < -0.3 is 0 Å². The molecule has 0 aliphatic heterocycles. The van der Waals surface area contributed by atoms with E-state index in [1.807, 2.05) is 12.3 Å². The van der Waals surface area contributed by atoms with Gasteiger partial charge in [-0.15, -0.1) is 0 Å². The molecule has 0 saturated carbocycles. The highest BCUT2D eigenvalue weighted by Crippen LogP contribution is 2.12. The Bertz CT molecular complexity index is 198. The maximum absolute atomic E-state index is 3.28. The lowest BCUT2D eigenvalue weighted by Crippen LogP contribution is -2.08. The Morgan fingerprint density at radius 3 is 2.45 bits per heavy atom. The van der Waals surface area contributed by atoms with Gasteiger partial charge in [0.2, 0.25) is 0 Å². The van der Waals surface area contributed by atoms with Crippen LogP contribution in [0, 0.1) is 0 Å². The van der Waals surface area contributed by atoms with Crippen LogP contribution in [-0.4, -0.2) is 6.26 Å². The lowest BCUT2D eigenvalue weighted by molar-refractivity contribution is 0.756. The predicted octanol–water partition coefficient (Wildman–Crippen LogP) is 2.62. The third-order valence-electron chi connectivity index (χ3n) is 1.59. The molecule has 1 rings (SSSR count). The lowest BCUT2D eigenvalue weighted by atomic mass is 10.1. The summed E-state index contributed by atoms with van der Waals surface area (Å²) < 4.78 is 3.28. The molecule has 0 radical (unpaired) electrons. The summed E-state index contributed by atoms with van der Waals surface area (Å²) in [4.78, 5) is 0. The van der Waals surface area contributed by atoms with Gasteiger partial charge in [0.1, 0.15) is 0 Å². The fraction of sp³-hybridized carbons (Fsp3) is 0.333.